The summed E-state index contributed by atoms with van der Waals surface area (Å²) in [5.74, 6) is -0.815. The van der Waals surface area contributed by atoms with Gasteiger partial charge in [-0.05, 0) is 65.5 Å². The molecule has 0 spiro atoms. The molecular formula is C24H30O4S. The predicted molar refractivity (Wildman–Crippen MR) is 115 cm³/mol. The highest BCUT2D eigenvalue weighted by atomic mass is 32.2. The Morgan fingerprint density at radius 1 is 0.931 bits per heavy atom. The van der Waals surface area contributed by atoms with Crippen LogP contribution < -0.4 is 0 Å². The molecule has 0 unspecified atom stereocenters. The Morgan fingerprint density at radius 3 is 2.10 bits per heavy atom. The molecule has 0 atom stereocenters. The van der Waals surface area contributed by atoms with E-state index in [9.17, 15) is 13.2 Å². The summed E-state index contributed by atoms with van der Waals surface area (Å²) in [5, 5.41) is 8.85. The summed E-state index contributed by atoms with van der Waals surface area (Å²) in [7, 11) is -3.51. The number of benzene rings is 2. The molecule has 0 fully saturated rings. The van der Waals surface area contributed by atoms with Crippen LogP contribution in [0.15, 0.2) is 46.2 Å². The molecule has 156 valence electrons. The third-order valence-corrected chi connectivity index (χ3v) is 7.37. The minimum Gasteiger partial charge on any atom is -0.481 e. The third-order valence-electron chi connectivity index (χ3n) is 5.50. The maximum atomic E-state index is 13.0. The van der Waals surface area contributed by atoms with Crippen LogP contribution in [0.5, 0.6) is 0 Å². The van der Waals surface area contributed by atoms with E-state index in [0.717, 1.165) is 28.7 Å². The molecule has 3 rings (SSSR count). The molecule has 2 aromatic rings. The second-order valence-electron chi connectivity index (χ2n) is 9.91. The number of rotatable bonds is 6. The van der Waals surface area contributed by atoms with Crippen molar-refractivity contribution in [2.75, 3.05) is 0 Å². The molecule has 0 radical (unpaired) electrons. The van der Waals surface area contributed by atoms with Crippen molar-refractivity contribution < 1.29 is 18.3 Å². The van der Waals surface area contributed by atoms with Crippen molar-refractivity contribution in [1.29, 1.82) is 0 Å². The Bertz CT molecular complexity index is 1060. The summed E-state index contributed by atoms with van der Waals surface area (Å²) in [5.41, 5.74) is 3.67. The van der Waals surface area contributed by atoms with Crippen molar-refractivity contribution in [1.82, 2.24) is 0 Å². The van der Waals surface area contributed by atoms with Crippen LogP contribution >= 0.6 is 0 Å². The van der Waals surface area contributed by atoms with Gasteiger partial charge in [0.2, 0.25) is 9.84 Å². The maximum Gasteiger partial charge on any atom is 0.303 e. The average Bonchev–Trinajstić information content (AvgIpc) is 2.80. The van der Waals surface area contributed by atoms with E-state index >= 15 is 0 Å². The molecule has 1 aliphatic heterocycles. The highest BCUT2D eigenvalue weighted by Gasteiger charge is 2.35. The largest absolute Gasteiger partial charge is 0.481 e. The molecule has 5 heteroatoms. The first kappa shape index (κ1) is 21.6. The summed E-state index contributed by atoms with van der Waals surface area (Å²) in [6.45, 7) is 11.0. The van der Waals surface area contributed by atoms with E-state index in [1.165, 1.54) is 0 Å². The zero-order valence-corrected chi connectivity index (χ0v) is 18.7. The molecule has 1 aliphatic rings. The smallest absolute Gasteiger partial charge is 0.303 e. The van der Waals surface area contributed by atoms with Crippen molar-refractivity contribution >= 4 is 15.8 Å². The molecular weight excluding hydrogens is 384 g/mol. The first-order valence-electron chi connectivity index (χ1n) is 10.1. The SMILES string of the molecule is CC(C)(C)CC(C)(C)c1ccc2c(c1)-c1cc(CCCC(=O)O)ccc1S2(=O)=O. The number of carboxylic acids is 1. The third kappa shape index (κ3) is 4.40. The molecule has 0 saturated heterocycles. The van der Waals surface area contributed by atoms with Gasteiger partial charge in [-0.25, -0.2) is 8.42 Å². The topological polar surface area (TPSA) is 71.4 Å². The Morgan fingerprint density at radius 2 is 1.52 bits per heavy atom. The van der Waals surface area contributed by atoms with Crippen molar-refractivity contribution in [2.24, 2.45) is 5.41 Å². The predicted octanol–water partition coefficient (Wildman–Crippen LogP) is 5.62. The quantitative estimate of drug-likeness (QED) is 0.568. The van der Waals surface area contributed by atoms with Crippen LogP contribution in [0.1, 0.15) is 65.0 Å². The number of sulfone groups is 1. The van der Waals surface area contributed by atoms with E-state index < -0.39 is 15.8 Å². The van der Waals surface area contributed by atoms with Crippen LogP contribution in [-0.4, -0.2) is 19.5 Å². The van der Waals surface area contributed by atoms with Gasteiger partial charge in [0.15, 0.2) is 0 Å². The molecule has 0 aromatic heterocycles. The second kappa shape index (κ2) is 7.28. The minimum atomic E-state index is -3.51. The molecule has 0 saturated carbocycles. The highest BCUT2D eigenvalue weighted by Crippen LogP contribution is 2.46. The second-order valence-corrected chi connectivity index (χ2v) is 11.8. The van der Waals surface area contributed by atoms with Gasteiger partial charge in [-0.2, -0.15) is 0 Å². The first-order chi connectivity index (χ1) is 13.3. The van der Waals surface area contributed by atoms with Crippen LogP contribution in [-0.2, 0) is 26.5 Å². The van der Waals surface area contributed by atoms with Crippen LogP contribution in [0, 0.1) is 5.41 Å². The van der Waals surface area contributed by atoms with Crippen molar-refractivity contribution in [2.45, 2.75) is 75.5 Å². The molecule has 0 bridgehead atoms. The number of carbonyl (C=O) groups is 1. The minimum absolute atomic E-state index is 0.0844. The van der Waals surface area contributed by atoms with Gasteiger partial charge in [0.1, 0.15) is 0 Å². The van der Waals surface area contributed by atoms with Gasteiger partial charge in [0.05, 0.1) is 9.79 Å². The highest BCUT2D eigenvalue weighted by molar-refractivity contribution is 7.92. The standard InChI is InChI=1S/C24H30O4S/c1-23(2,3)15-24(4,5)17-10-12-21-19(14-17)18-13-16(7-6-8-22(25)26)9-11-20(18)29(21,27)28/h9-14H,6-8,15H2,1-5H3,(H,25,26). The fraction of sp³-hybridized carbons (Fsp3) is 0.458. The lowest BCUT2D eigenvalue weighted by molar-refractivity contribution is -0.137. The monoisotopic (exact) mass is 414 g/mol. The number of hydrogen-bond donors (Lipinski definition) is 1. The maximum absolute atomic E-state index is 13.0. The van der Waals surface area contributed by atoms with Gasteiger partial charge < -0.3 is 5.11 Å². The Labute approximate surface area is 173 Å². The lowest BCUT2D eigenvalue weighted by Crippen LogP contribution is -2.24. The summed E-state index contributed by atoms with van der Waals surface area (Å²) in [4.78, 5) is 11.5. The lowest BCUT2D eigenvalue weighted by Gasteiger charge is -2.33. The molecule has 0 aliphatic carbocycles. The zero-order valence-electron chi connectivity index (χ0n) is 17.9. The molecule has 1 heterocycles. The van der Waals surface area contributed by atoms with Gasteiger partial charge >= 0.3 is 5.97 Å². The van der Waals surface area contributed by atoms with Crippen molar-refractivity contribution in [3.63, 3.8) is 0 Å². The van der Waals surface area contributed by atoms with Gasteiger partial charge in [-0.1, -0.05) is 46.8 Å². The summed E-state index contributed by atoms with van der Waals surface area (Å²) in [6, 6.07) is 11.1. The van der Waals surface area contributed by atoms with Gasteiger partial charge in [0, 0.05) is 17.5 Å². The Balaban J connectivity index is 2.04. The number of carboxylic acid groups (broad SMARTS) is 1. The lowest BCUT2D eigenvalue weighted by atomic mass is 9.72. The van der Waals surface area contributed by atoms with E-state index in [4.69, 9.17) is 5.11 Å². The number of fused-ring (bicyclic) bond motifs is 3. The molecule has 4 nitrogen and oxygen atoms in total. The van der Waals surface area contributed by atoms with Gasteiger partial charge in [0.25, 0.3) is 0 Å². The van der Waals surface area contributed by atoms with Crippen LogP contribution in [0.25, 0.3) is 11.1 Å². The van der Waals surface area contributed by atoms with E-state index in [0.29, 0.717) is 22.6 Å². The Kier molecular flexibility index (Phi) is 5.41. The van der Waals surface area contributed by atoms with E-state index in [1.807, 2.05) is 18.2 Å². The summed E-state index contributed by atoms with van der Waals surface area (Å²) < 4.78 is 26.0. The molecule has 1 N–H and O–H groups in total. The van der Waals surface area contributed by atoms with E-state index in [-0.39, 0.29) is 17.3 Å². The first-order valence-corrected chi connectivity index (χ1v) is 11.5. The fourth-order valence-electron chi connectivity index (χ4n) is 4.56. The van der Waals surface area contributed by atoms with Crippen LogP contribution in [0.2, 0.25) is 0 Å². The summed E-state index contributed by atoms with van der Waals surface area (Å²) in [6.07, 6.45) is 2.24. The summed E-state index contributed by atoms with van der Waals surface area (Å²) >= 11 is 0. The van der Waals surface area contributed by atoms with E-state index in [1.54, 1.807) is 18.2 Å². The number of aryl methyl sites for hydroxylation is 1. The van der Waals surface area contributed by atoms with Crippen molar-refractivity contribution in [3.05, 3.63) is 47.5 Å². The van der Waals surface area contributed by atoms with E-state index in [2.05, 4.69) is 34.6 Å². The molecule has 2 aromatic carbocycles. The Hall–Kier alpha value is -2.14. The average molecular weight is 415 g/mol. The van der Waals surface area contributed by atoms with Crippen LogP contribution in [0.3, 0.4) is 0 Å². The zero-order chi connectivity index (χ0) is 21.6. The van der Waals surface area contributed by atoms with Crippen LogP contribution in [0.4, 0.5) is 0 Å². The van der Waals surface area contributed by atoms with Gasteiger partial charge in [-0.15, -0.1) is 0 Å². The fourth-order valence-corrected chi connectivity index (χ4v) is 6.21. The normalized spacial score (nSPS) is 15.1. The number of aliphatic carboxylic acids is 1. The molecule has 29 heavy (non-hydrogen) atoms. The molecule has 0 amide bonds. The van der Waals surface area contributed by atoms with Gasteiger partial charge in [-0.3, -0.25) is 4.79 Å². The number of hydrogen-bond acceptors (Lipinski definition) is 3. The van der Waals surface area contributed by atoms with Crippen molar-refractivity contribution in [3.8, 4) is 11.1 Å².